The quantitative estimate of drug-likeness (QED) is 0.699. The molecule has 0 bridgehead atoms. The Kier molecular flexibility index (Phi) is 4.67. The molecule has 1 aromatic carbocycles. The van der Waals surface area contributed by atoms with Crippen molar-refractivity contribution in [2.75, 3.05) is 14.1 Å². The molecule has 2 N–H and O–H groups in total. The van der Waals surface area contributed by atoms with Crippen LogP contribution in [0.15, 0.2) is 47.2 Å². The predicted octanol–water partition coefficient (Wildman–Crippen LogP) is 2.16. The van der Waals surface area contributed by atoms with Crippen molar-refractivity contribution in [1.29, 1.82) is 10.5 Å². The molecule has 31 heavy (non-hydrogen) atoms. The molecular formula is C23H21N5O3. The van der Waals surface area contributed by atoms with Crippen molar-refractivity contribution in [3.05, 3.63) is 58.3 Å². The van der Waals surface area contributed by atoms with Crippen molar-refractivity contribution >= 4 is 17.8 Å². The van der Waals surface area contributed by atoms with Gasteiger partial charge in [-0.3, -0.25) is 19.4 Å². The third-order valence-electron chi connectivity index (χ3n) is 6.70. The summed E-state index contributed by atoms with van der Waals surface area (Å²) in [7, 11) is 2.63. The maximum atomic E-state index is 13.7. The lowest BCUT2D eigenvalue weighted by Crippen LogP contribution is -2.68. The van der Waals surface area contributed by atoms with Crippen molar-refractivity contribution in [3.8, 4) is 12.1 Å². The predicted molar refractivity (Wildman–Crippen MR) is 110 cm³/mol. The molecule has 1 aromatic rings. The molecule has 4 amide bonds. The number of nitrogens with zero attached hydrogens (tertiary/aromatic N) is 4. The van der Waals surface area contributed by atoms with Crippen LogP contribution in [0.5, 0.6) is 0 Å². The van der Waals surface area contributed by atoms with E-state index in [1.54, 1.807) is 24.3 Å². The summed E-state index contributed by atoms with van der Waals surface area (Å²) in [6.07, 6.45) is 4.23. The lowest BCUT2D eigenvalue weighted by atomic mass is 9.54. The number of hydrogen-bond donors (Lipinski definition) is 1. The van der Waals surface area contributed by atoms with Crippen LogP contribution in [0.25, 0.3) is 0 Å². The van der Waals surface area contributed by atoms with Gasteiger partial charge in [-0.2, -0.15) is 10.5 Å². The number of barbiturate groups is 1. The van der Waals surface area contributed by atoms with Crippen LogP contribution < -0.4 is 5.73 Å². The van der Waals surface area contributed by atoms with E-state index in [1.165, 1.54) is 14.1 Å². The van der Waals surface area contributed by atoms with Gasteiger partial charge >= 0.3 is 6.03 Å². The SMILES string of the molecule is CN1C(=O)N(C)C(=O)C2(C1=O)C(N)=C(C#N)C1=CCCCC1C2c1ccc(C#N)cc1. The molecule has 2 atom stereocenters. The number of allylic oxidation sites excluding steroid dienone is 3. The van der Waals surface area contributed by atoms with Gasteiger partial charge < -0.3 is 5.73 Å². The van der Waals surface area contributed by atoms with Crippen LogP contribution in [0.4, 0.5) is 4.79 Å². The topological polar surface area (TPSA) is 131 Å². The molecular weight excluding hydrogens is 394 g/mol. The zero-order chi connectivity index (χ0) is 22.5. The number of urea groups is 1. The van der Waals surface area contributed by atoms with Crippen molar-refractivity contribution in [1.82, 2.24) is 9.80 Å². The molecule has 8 nitrogen and oxygen atoms in total. The van der Waals surface area contributed by atoms with Gasteiger partial charge in [-0.05, 0) is 48.4 Å². The highest BCUT2D eigenvalue weighted by atomic mass is 16.2. The highest BCUT2D eigenvalue weighted by molar-refractivity contribution is 6.21. The van der Waals surface area contributed by atoms with Crippen LogP contribution in [-0.2, 0) is 9.59 Å². The molecule has 3 aliphatic rings. The molecule has 4 rings (SSSR count). The number of nitriles is 2. The summed E-state index contributed by atoms with van der Waals surface area (Å²) in [6.45, 7) is 0. The molecule has 8 heteroatoms. The van der Waals surface area contributed by atoms with Gasteiger partial charge in [0.25, 0.3) is 11.8 Å². The minimum absolute atomic E-state index is 0.116. The first-order valence-corrected chi connectivity index (χ1v) is 10.0. The second-order valence-corrected chi connectivity index (χ2v) is 8.13. The van der Waals surface area contributed by atoms with E-state index in [1.807, 2.05) is 6.08 Å². The number of rotatable bonds is 1. The molecule has 1 fully saturated rings. The molecule has 0 radical (unpaired) electrons. The highest BCUT2D eigenvalue weighted by Crippen LogP contribution is 2.58. The average molecular weight is 415 g/mol. The number of hydrogen-bond acceptors (Lipinski definition) is 6. The van der Waals surface area contributed by atoms with Crippen LogP contribution in [-0.4, -0.2) is 41.7 Å². The van der Waals surface area contributed by atoms with Crippen LogP contribution in [0.1, 0.15) is 36.3 Å². The van der Waals surface area contributed by atoms with Gasteiger partial charge in [0, 0.05) is 20.0 Å². The van der Waals surface area contributed by atoms with E-state index in [2.05, 4.69) is 12.1 Å². The second-order valence-electron chi connectivity index (χ2n) is 8.13. The van der Waals surface area contributed by atoms with Gasteiger partial charge in [-0.15, -0.1) is 0 Å². The van der Waals surface area contributed by atoms with Crippen molar-refractivity contribution in [2.24, 2.45) is 17.1 Å². The first kappa shape index (κ1) is 20.4. The number of nitrogens with two attached hydrogens (primary N) is 1. The Morgan fingerprint density at radius 3 is 2.19 bits per heavy atom. The molecule has 1 aliphatic heterocycles. The monoisotopic (exact) mass is 415 g/mol. The van der Waals surface area contributed by atoms with Gasteiger partial charge in [0.2, 0.25) is 0 Å². The van der Waals surface area contributed by atoms with Crippen molar-refractivity contribution < 1.29 is 14.4 Å². The Bertz CT molecular complexity index is 1130. The summed E-state index contributed by atoms with van der Waals surface area (Å²) in [5.74, 6) is -2.47. The lowest BCUT2D eigenvalue weighted by molar-refractivity contribution is -0.157. The standard InChI is InChI=1S/C23H21N5O3/c1-27-20(29)23(21(30)28(2)22(27)31)18(14-9-7-13(11-24)8-10-14)16-6-4-3-5-15(16)17(12-25)19(23)26/h5,7-10,16,18H,3-4,6,26H2,1-2H3. The fraction of sp³-hybridized carbons (Fsp3) is 0.348. The summed E-state index contributed by atoms with van der Waals surface area (Å²) >= 11 is 0. The first-order chi connectivity index (χ1) is 14.8. The Labute approximate surface area is 179 Å². The summed E-state index contributed by atoms with van der Waals surface area (Å²) < 4.78 is 0. The maximum absolute atomic E-state index is 13.7. The Balaban J connectivity index is 2.08. The van der Waals surface area contributed by atoms with E-state index >= 15 is 0 Å². The summed E-state index contributed by atoms with van der Waals surface area (Å²) in [6, 6.07) is 10.1. The van der Waals surface area contributed by atoms with Gasteiger partial charge in [0.15, 0.2) is 5.41 Å². The van der Waals surface area contributed by atoms with Crippen LogP contribution in [0.3, 0.4) is 0 Å². The normalized spacial score (nSPS) is 25.2. The van der Waals surface area contributed by atoms with E-state index in [9.17, 15) is 24.9 Å². The van der Waals surface area contributed by atoms with Crippen molar-refractivity contribution in [3.63, 3.8) is 0 Å². The van der Waals surface area contributed by atoms with E-state index in [4.69, 9.17) is 5.73 Å². The third kappa shape index (κ3) is 2.55. The third-order valence-corrected chi connectivity index (χ3v) is 6.70. The van der Waals surface area contributed by atoms with Crippen LogP contribution in [0, 0.1) is 34.0 Å². The summed E-state index contributed by atoms with van der Waals surface area (Å²) in [5.41, 5.74) is 6.47. The number of benzene rings is 1. The number of imide groups is 2. The largest absolute Gasteiger partial charge is 0.400 e. The molecule has 1 spiro atoms. The first-order valence-electron chi connectivity index (χ1n) is 10.0. The molecule has 2 aliphatic carbocycles. The van der Waals surface area contributed by atoms with Crippen molar-refractivity contribution in [2.45, 2.75) is 25.2 Å². The number of carbonyl (C=O) groups is 3. The maximum Gasteiger partial charge on any atom is 0.332 e. The molecule has 0 saturated carbocycles. The van der Waals surface area contributed by atoms with Gasteiger partial charge in [0.1, 0.15) is 6.07 Å². The van der Waals surface area contributed by atoms with Gasteiger partial charge in [-0.1, -0.05) is 18.2 Å². The minimum Gasteiger partial charge on any atom is -0.400 e. The summed E-state index contributed by atoms with van der Waals surface area (Å²) in [5, 5.41) is 19.1. The summed E-state index contributed by atoms with van der Waals surface area (Å²) in [4.78, 5) is 41.6. The Hall–Kier alpha value is -3.91. The fourth-order valence-electron chi connectivity index (χ4n) is 5.25. The van der Waals surface area contributed by atoms with E-state index < -0.39 is 29.2 Å². The molecule has 156 valence electrons. The van der Waals surface area contributed by atoms with E-state index in [0.29, 0.717) is 17.5 Å². The Morgan fingerprint density at radius 2 is 1.65 bits per heavy atom. The smallest absolute Gasteiger partial charge is 0.332 e. The molecule has 1 heterocycles. The van der Waals surface area contributed by atoms with Crippen LogP contribution in [0.2, 0.25) is 0 Å². The second kappa shape index (κ2) is 7.10. The molecule has 0 aromatic heterocycles. The highest BCUT2D eigenvalue weighted by Gasteiger charge is 2.66. The minimum atomic E-state index is -1.91. The number of amides is 4. The molecule has 1 saturated heterocycles. The lowest BCUT2D eigenvalue weighted by Gasteiger charge is -2.52. The zero-order valence-corrected chi connectivity index (χ0v) is 17.3. The molecule has 2 unspecified atom stereocenters. The number of carbonyl (C=O) groups excluding carboxylic acids is 3. The van der Waals surface area contributed by atoms with Gasteiger partial charge in [0.05, 0.1) is 22.9 Å². The van der Waals surface area contributed by atoms with Gasteiger partial charge in [-0.25, -0.2) is 4.79 Å². The van der Waals surface area contributed by atoms with E-state index in [-0.39, 0.29) is 17.2 Å². The van der Waals surface area contributed by atoms with E-state index in [0.717, 1.165) is 28.2 Å². The average Bonchev–Trinajstić information content (AvgIpc) is 2.80. The fourth-order valence-corrected chi connectivity index (χ4v) is 5.25. The Morgan fingerprint density at radius 1 is 1.03 bits per heavy atom. The van der Waals surface area contributed by atoms with Crippen LogP contribution >= 0.6 is 0 Å². The number of fused-ring (bicyclic) bond motifs is 1. The zero-order valence-electron chi connectivity index (χ0n) is 17.3.